The first-order valence-electron chi connectivity index (χ1n) is 7.83. The third-order valence-electron chi connectivity index (χ3n) is 3.91. The molecule has 0 bridgehead atoms. The average Bonchev–Trinajstić information content (AvgIpc) is 2.52. The van der Waals surface area contributed by atoms with Crippen LogP contribution in [-0.4, -0.2) is 13.1 Å². The summed E-state index contributed by atoms with van der Waals surface area (Å²) in [6.45, 7) is 6.27. The van der Waals surface area contributed by atoms with E-state index < -0.39 is 0 Å². The lowest BCUT2D eigenvalue weighted by molar-refractivity contribution is 0.639. The van der Waals surface area contributed by atoms with Crippen LogP contribution in [0.5, 0.6) is 0 Å². The van der Waals surface area contributed by atoms with Gasteiger partial charge in [0.25, 0.3) is 0 Å². The summed E-state index contributed by atoms with van der Waals surface area (Å²) in [7, 11) is 0. The minimum Gasteiger partial charge on any atom is -0.370 e. The Bertz CT molecular complexity index is 536. The van der Waals surface area contributed by atoms with E-state index in [1.165, 1.54) is 29.7 Å². The van der Waals surface area contributed by atoms with Gasteiger partial charge in [0.05, 0.1) is 0 Å². The van der Waals surface area contributed by atoms with Crippen molar-refractivity contribution < 1.29 is 0 Å². The molecule has 112 valence electrons. The monoisotopic (exact) mass is 282 g/mol. The van der Waals surface area contributed by atoms with Crippen molar-refractivity contribution in [3.63, 3.8) is 0 Å². The van der Waals surface area contributed by atoms with Crippen LogP contribution in [0, 0.1) is 6.92 Å². The van der Waals surface area contributed by atoms with E-state index >= 15 is 0 Å². The Morgan fingerprint density at radius 3 is 2.33 bits per heavy atom. The minimum absolute atomic E-state index is 0.0447. The highest BCUT2D eigenvalue weighted by molar-refractivity contribution is 5.46. The van der Waals surface area contributed by atoms with Gasteiger partial charge in [0, 0.05) is 24.8 Å². The van der Waals surface area contributed by atoms with E-state index in [2.05, 4.69) is 73.3 Å². The predicted molar refractivity (Wildman–Crippen MR) is 91.7 cm³/mol. The standard InChI is InChI=1S/C19H26N2/c1-3-4-14-21(17-11-6-5-7-12-17)15-19(20)18-13-9-8-10-16(18)2/h5-13,19H,3-4,14-15,20H2,1-2H3. The Morgan fingerprint density at radius 1 is 1.00 bits per heavy atom. The second-order valence-corrected chi connectivity index (χ2v) is 5.60. The Labute approximate surface area is 128 Å². The summed E-state index contributed by atoms with van der Waals surface area (Å²) >= 11 is 0. The zero-order chi connectivity index (χ0) is 15.1. The number of aryl methyl sites for hydroxylation is 1. The number of benzene rings is 2. The van der Waals surface area contributed by atoms with Crippen LogP contribution < -0.4 is 10.6 Å². The Kier molecular flexibility index (Phi) is 5.82. The molecule has 1 atom stereocenters. The average molecular weight is 282 g/mol. The molecular weight excluding hydrogens is 256 g/mol. The van der Waals surface area contributed by atoms with Crippen LogP contribution in [0.1, 0.15) is 36.9 Å². The highest BCUT2D eigenvalue weighted by Crippen LogP contribution is 2.21. The summed E-state index contributed by atoms with van der Waals surface area (Å²) in [4.78, 5) is 2.40. The van der Waals surface area contributed by atoms with E-state index in [1.807, 2.05) is 0 Å². The third kappa shape index (κ3) is 4.33. The van der Waals surface area contributed by atoms with Gasteiger partial charge in [-0.3, -0.25) is 0 Å². The summed E-state index contributed by atoms with van der Waals surface area (Å²) in [5.74, 6) is 0. The van der Waals surface area contributed by atoms with Gasteiger partial charge < -0.3 is 10.6 Å². The maximum Gasteiger partial charge on any atom is 0.0475 e. The molecule has 0 aliphatic carbocycles. The summed E-state index contributed by atoms with van der Waals surface area (Å²) < 4.78 is 0. The van der Waals surface area contributed by atoms with E-state index in [0.29, 0.717) is 0 Å². The molecule has 2 aromatic carbocycles. The number of nitrogens with two attached hydrogens (primary N) is 1. The molecule has 0 aromatic heterocycles. The maximum absolute atomic E-state index is 6.46. The highest BCUT2D eigenvalue weighted by Gasteiger charge is 2.14. The van der Waals surface area contributed by atoms with Gasteiger partial charge in [-0.15, -0.1) is 0 Å². The molecule has 2 heteroatoms. The van der Waals surface area contributed by atoms with Crippen molar-refractivity contribution in [1.82, 2.24) is 0 Å². The second-order valence-electron chi connectivity index (χ2n) is 5.60. The van der Waals surface area contributed by atoms with Crippen LogP contribution in [-0.2, 0) is 0 Å². The zero-order valence-corrected chi connectivity index (χ0v) is 13.1. The molecule has 0 fully saturated rings. The maximum atomic E-state index is 6.46. The van der Waals surface area contributed by atoms with E-state index in [1.54, 1.807) is 0 Å². The highest BCUT2D eigenvalue weighted by atomic mass is 15.1. The lowest BCUT2D eigenvalue weighted by Crippen LogP contribution is -2.33. The van der Waals surface area contributed by atoms with Crippen LogP contribution in [0.25, 0.3) is 0 Å². The van der Waals surface area contributed by atoms with E-state index in [9.17, 15) is 0 Å². The zero-order valence-electron chi connectivity index (χ0n) is 13.1. The van der Waals surface area contributed by atoms with Gasteiger partial charge in [0.15, 0.2) is 0 Å². The number of hydrogen-bond donors (Lipinski definition) is 1. The Balaban J connectivity index is 2.13. The summed E-state index contributed by atoms with van der Waals surface area (Å²) in [6, 6.07) is 19.0. The number of rotatable bonds is 7. The van der Waals surface area contributed by atoms with Gasteiger partial charge in [-0.2, -0.15) is 0 Å². The molecule has 0 amide bonds. The lowest BCUT2D eigenvalue weighted by Gasteiger charge is -2.28. The fraction of sp³-hybridized carbons (Fsp3) is 0.368. The number of hydrogen-bond acceptors (Lipinski definition) is 2. The summed E-state index contributed by atoms with van der Waals surface area (Å²) in [6.07, 6.45) is 2.39. The molecule has 2 N–H and O–H groups in total. The van der Waals surface area contributed by atoms with Crippen molar-refractivity contribution in [3.8, 4) is 0 Å². The number of para-hydroxylation sites is 1. The molecule has 2 aromatic rings. The first-order valence-corrected chi connectivity index (χ1v) is 7.83. The quantitative estimate of drug-likeness (QED) is 0.820. The smallest absolute Gasteiger partial charge is 0.0475 e. The van der Waals surface area contributed by atoms with Crippen LogP contribution in [0.15, 0.2) is 54.6 Å². The van der Waals surface area contributed by atoms with Gasteiger partial charge in [-0.05, 0) is 36.6 Å². The number of anilines is 1. The van der Waals surface area contributed by atoms with Gasteiger partial charge in [-0.1, -0.05) is 55.8 Å². The van der Waals surface area contributed by atoms with Gasteiger partial charge in [0.1, 0.15) is 0 Å². The fourth-order valence-corrected chi connectivity index (χ4v) is 2.65. The van der Waals surface area contributed by atoms with Crippen molar-refractivity contribution in [3.05, 3.63) is 65.7 Å². The number of unbranched alkanes of at least 4 members (excludes halogenated alkanes) is 1. The molecular formula is C19H26N2. The Morgan fingerprint density at radius 2 is 1.67 bits per heavy atom. The molecule has 2 nitrogen and oxygen atoms in total. The minimum atomic E-state index is 0.0447. The van der Waals surface area contributed by atoms with E-state index in [4.69, 9.17) is 5.73 Å². The molecule has 21 heavy (non-hydrogen) atoms. The van der Waals surface area contributed by atoms with Gasteiger partial charge in [-0.25, -0.2) is 0 Å². The van der Waals surface area contributed by atoms with E-state index in [-0.39, 0.29) is 6.04 Å². The second kappa shape index (κ2) is 7.84. The molecule has 0 heterocycles. The molecule has 0 aliphatic rings. The first kappa shape index (κ1) is 15.6. The molecule has 0 radical (unpaired) electrons. The van der Waals surface area contributed by atoms with Crippen LogP contribution in [0.3, 0.4) is 0 Å². The van der Waals surface area contributed by atoms with Gasteiger partial charge in [0.2, 0.25) is 0 Å². The molecule has 2 rings (SSSR count). The molecule has 0 aliphatic heterocycles. The topological polar surface area (TPSA) is 29.3 Å². The van der Waals surface area contributed by atoms with Crippen molar-refractivity contribution >= 4 is 5.69 Å². The largest absolute Gasteiger partial charge is 0.370 e. The van der Waals surface area contributed by atoms with Crippen molar-refractivity contribution in [2.24, 2.45) is 5.73 Å². The van der Waals surface area contributed by atoms with Crippen molar-refractivity contribution in [1.29, 1.82) is 0 Å². The van der Waals surface area contributed by atoms with Crippen LogP contribution in [0.4, 0.5) is 5.69 Å². The third-order valence-corrected chi connectivity index (χ3v) is 3.91. The fourth-order valence-electron chi connectivity index (χ4n) is 2.65. The van der Waals surface area contributed by atoms with Crippen LogP contribution >= 0.6 is 0 Å². The predicted octanol–water partition coefficient (Wildman–Crippen LogP) is 4.30. The molecule has 1 unspecified atom stereocenters. The first-order chi connectivity index (χ1) is 10.2. The summed E-state index contributed by atoms with van der Waals surface area (Å²) in [5, 5.41) is 0. The molecule has 0 saturated carbocycles. The van der Waals surface area contributed by atoms with E-state index in [0.717, 1.165) is 13.1 Å². The Hall–Kier alpha value is -1.80. The van der Waals surface area contributed by atoms with Crippen molar-refractivity contribution in [2.45, 2.75) is 32.7 Å². The van der Waals surface area contributed by atoms with Gasteiger partial charge >= 0.3 is 0 Å². The summed E-state index contributed by atoms with van der Waals surface area (Å²) in [5.41, 5.74) is 10.2. The lowest BCUT2D eigenvalue weighted by atomic mass is 10.0. The molecule has 0 spiro atoms. The SMILES string of the molecule is CCCCN(CC(N)c1ccccc1C)c1ccccc1. The normalized spacial score (nSPS) is 12.1. The molecule has 0 saturated heterocycles. The van der Waals surface area contributed by atoms with Crippen molar-refractivity contribution in [2.75, 3.05) is 18.0 Å². The van der Waals surface area contributed by atoms with Crippen LogP contribution in [0.2, 0.25) is 0 Å². The number of nitrogens with zero attached hydrogens (tertiary/aromatic N) is 1.